The van der Waals surface area contributed by atoms with Gasteiger partial charge in [-0.05, 0) is 32.0 Å². The van der Waals surface area contributed by atoms with Crippen LogP contribution in [0.2, 0.25) is 0 Å². The van der Waals surface area contributed by atoms with E-state index < -0.39 is 20.0 Å². The van der Waals surface area contributed by atoms with E-state index in [1.807, 2.05) is 0 Å². The number of nitrogens with two attached hydrogens (primary N) is 1. The minimum atomic E-state index is -3.98. The van der Waals surface area contributed by atoms with Gasteiger partial charge in [0.2, 0.25) is 10.0 Å². The van der Waals surface area contributed by atoms with E-state index in [1.165, 1.54) is 18.2 Å². The molecule has 0 aliphatic rings. The van der Waals surface area contributed by atoms with Gasteiger partial charge >= 0.3 is 0 Å². The lowest BCUT2D eigenvalue weighted by molar-refractivity contribution is 0.597. The zero-order chi connectivity index (χ0) is 15.8. The zero-order valence-electron chi connectivity index (χ0n) is 11.3. The van der Waals surface area contributed by atoms with Gasteiger partial charge in [0.15, 0.2) is 5.82 Å². The molecule has 0 saturated carbocycles. The van der Waals surface area contributed by atoms with Crippen LogP contribution in [0, 0.1) is 13.8 Å². The third-order valence-corrected chi connectivity index (χ3v) is 5.18. The molecular formula is C11H14N4O4S2. The maximum absolute atomic E-state index is 12.2. The Morgan fingerprint density at radius 2 is 1.76 bits per heavy atom. The Morgan fingerprint density at radius 1 is 1.14 bits per heavy atom. The molecule has 0 atom stereocenters. The minimum absolute atomic E-state index is 0.161. The van der Waals surface area contributed by atoms with E-state index in [1.54, 1.807) is 13.8 Å². The molecule has 0 fully saturated rings. The number of sulfonamides is 2. The van der Waals surface area contributed by atoms with Gasteiger partial charge in [-0.2, -0.15) is 5.10 Å². The summed E-state index contributed by atoms with van der Waals surface area (Å²) in [6.07, 6.45) is 0. The van der Waals surface area contributed by atoms with Crippen LogP contribution in [0.1, 0.15) is 11.3 Å². The van der Waals surface area contributed by atoms with E-state index in [2.05, 4.69) is 14.9 Å². The molecule has 1 aromatic carbocycles. The van der Waals surface area contributed by atoms with Crippen LogP contribution < -0.4 is 9.86 Å². The van der Waals surface area contributed by atoms with Crippen molar-refractivity contribution in [3.05, 3.63) is 35.5 Å². The van der Waals surface area contributed by atoms with Crippen molar-refractivity contribution < 1.29 is 16.8 Å². The summed E-state index contributed by atoms with van der Waals surface area (Å²) in [5.41, 5.74) is 1.38. The summed E-state index contributed by atoms with van der Waals surface area (Å²) in [7, 11) is -7.93. The molecule has 0 aliphatic carbocycles. The molecule has 0 saturated heterocycles. The number of benzene rings is 1. The summed E-state index contributed by atoms with van der Waals surface area (Å²) in [5.74, 6) is 0.161. The minimum Gasteiger partial charge on any atom is -0.280 e. The van der Waals surface area contributed by atoms with Crippen molar-refractivity contribution in [2.75, 3.05) is 4.72 Å². The summed E-state index contributed by atoms with van der Waals surface area (Å²) in [5, 5.41) is 11.5. The first kappa shape index (κ1) is 15.5. The molecule has 0 bridgehead atoms. The first-order valence-electron chi connectivity index (χ1n) is 5.78. The molecule has 0 spiro atoms. The van der Waals surface area contributed by atoms with Crippen molar-refractivity contribution in [3.8, 4) is 0 Å². The monoisotopic (exact) mass is 330 g/mol. The average Bonchev–Trinajstić information content (AvgIpc) is 2.69. The maximum Gasteiger partial charge on any atom is 0.263 e. The van der Waals surface area contributed by atoms with Crippen molar-refractivity contribution in [2.24, 2.45) is 5.14 Å². The third kappa shape index (κ3) is 3.23. The number of aromatic nitrogens is 2. The van der Waals surface area contributed by atoms with Crippen LogP contribution in [-0.4, -0.2) is 27.0 Å². The van der Waals surface area contributed by atoms with Gasteiger partial charge in [-0.25, -0.2) is 22.0 Å². The van der Waals surface area contributed by atoms with Crippen LogP contribution in [0.25, 0.3) is 0 Å². The Balaban J connectivity index is 2.43. The van der Waals surface area contributed by atoms with Crippen LogP contribution >= 0.6 is 0 Å². The lowest BCUT2D eigenvalue weighted by atomic mass is 10.3. The van der Waals surface area contributed by atoms with Crippen LogP contribution in [-0.2, 0) is 20.0 Å². The second kappa shape index (κ2) is 5.13. The smallest absolute Gasteiger partial charge is 0.263 e. The number of hydrogen-bond donors (Lipinski definition) is 3. The standard InChI is InChI=1S/C11H14N4O4S2/c1-7-8(2)13-14-11(7)15-21(18,19)10-5-3-4-9(6-10)20(12,16)17/h3-6H,1-2H3,(H2,12,16,17)(H2,13,14,15). The number of rotatable bonds is 4. The largest absolute Gasteiger partial charge is 0.280 e. The summed E-state index contributed by atoms with van der Waals surface area (Å²) >= 11 is 0. The van der Waals surface area contributed by atoms with Crippen molar-refractivity contribution in [1.29, 1.82) is 0 Å². The molecule has 2 rings (SSSR count). The molecule has 0 radical (unpaired) electrons. The fourth-order valence-corrected chi connectivity index (χ4v) is 3.33. The van der Waals surface area contributed by atoms with Crippen molar-refractivity contribution >= 4 is 25.9 Å². The Labute approximate surface area is 122 Å². The number of primary sulfonamides is 1. The third-order valence-electron chi connectivity index (χ3n) is 2.93. The van der Waals surface area contributed by atoms with Crippen LogP contribution in [0.5, 0.6) is 0 Å². The SMILES string of the molecule is Cc1[nH]nc(NS(=O)(=O)c2cccc(S(N)(=O)=O)c2)c1C. The van der Waals surface area contributed by atoms with Crippen LogP contribution in [0.3, 0.4) is 0 Å². The quantitative estimate of drug-likeness (QED) is 0.749. The summed E-state index contributed by atoms with van der Waals surface area (Å²) < 4.78 is 49.3. The highest BCUT2D eigenvalue weighted by molar-refractivity contribution is 7.93. The maximum atomic E-state index is 12.2. The van der Waals surface area contributed by atoms with E-state index in [0.717, 1.165) is 11.8 Å². The normalized spacial score (nSPS) is 12.3. The molecule has 0 aliphatic heterocycles. The summed E-state index contributed by atoms with van der Waals surface area (Å²) in [4.78, 5) is -0.491. The Hall–Kier alpha value is -1.91. The first-order valence-corrected chi connectivity index (χ1v) is 8.81. The second-order valence-electron chi connectivity index (χ2n) is 4.45. The van der Waals surface area contributed by atoms with Crippen LogP contribution in [0.15, 0.2) is 34.1 Å². The van der Waals surface area contributed by atoms with E-state index >= 15 is 0 Å². The van der Waals surface area contributed by atoms with Crippen molar-refractivity contribution in [2.45, 2.75) is 23.6 Å². The van der Waals surface area contributed by atoms with E-state index in [0.29, 0.717) is 5.56 Å². The van der Waals surface area contributed by atoms with E-state index in [4.69, 9.17) is 5.14 Å². The highest BCUT2D eigenvalue weighted by atomic mass is 32.2. The van der Waals surface area contributed by atoms with Gasteiger partial charge < -0.3 is 0 Å². The van der Waals surface area contributed by atoms with Gasteiger partial charge in [-0.15, -0.1) is 0 Å². The van der Waals surface area contributed by atoms with Gasteiger partial charge in [0.05, 0.1) is 9.79 Å². The fourth-order valence-electron chi connectivity index (χ4n) is 1.59. The molecule has 114 valence electrons. The molecule has 2 aromatic rings. The average molecular weight is 330 g/mol. The lowest BCUT2D eigenvalue weighted by Crippen LogP contribution is -2.16. The van der Waals surface area contributed by atoms with Crippen molar-refractivity contribution in [1.82, 2.24) is 10.2 Å². The number of hydrogen-bond acceptors (Lipinski definition) is 5. The van der Waals surface area contributed by atoms with E-state index in [-0.39, 0.29) is 15.6 Å². The molecule has 8 nitrogen and oxygen atoms in total. The second-order valence-corrected chi connectivity index (χ2v) is 7.69. The predicted molar refractivity (Wildman–Crippen MR) is 76.7 cm³/mol. The number of nitrogens with one attached hydrogen (secondary N) is 2. The topological polar surface area (TPSA) is 135 Å². The molecule has 1 heterocycles. The number of nitrogens with zero attached hydrogens (tertiary/aromatic N) is 1. The highest BCUT2D eigenvalue weighted by Crippen LogP contribution is 2.20. The molecule has 21 heavy (non-hydrogen) atoms. The Kier molecular flexibility index (Phi) is 3.78. The number of aryl methyl sites for hydroxylation is 1. The lowest BCUT2D eigenvalue weighted by Gasteiger charge is -2.07. The Bertz CT molecular complexity index is 885. The van der Waals surface area contributed by atoms with Crippen molar-refractivity contribution in [3.63, 3.8) is 0 Å². The fraction of sp³-hybridized carbons (Fsp3) is 0.182. The first-order chi connectivity index (χ1) is 9.61. The summed E-state index contributed by atoms with van der Waals surface area (Å²) in [6.45, 7) is 3.46. The van der Waals surface area contributed by atoms with Crippen LogP contribution in [0.4, 0.5) is 5.82 Å². The van der Waals surface area contributed by atoms with Gasteiger partial charge in [0.1, 0.15) is 0 Å². The van der Waals surface area contributed by atoms with E-state index in [9.17, 15) is 16.8 Å². The number of aromatic amines is 1. The molecule has 10 heteroatoms. The molecule has 0 unspecified atom stereocenters. The predicted octanol–water partition coefficient (Wildman–Crippen LogP) is 0.475. The van der Waals surface area contributed by atoms with Gasteiger partial charge in [0, 0.05) is 11.3 Å². The number of H-pyrrole nitrogens is 1. The zero-order valence-corrected chi connectivity index (χ0v) is 12.9. The molecule has 4 N–H and O–H groups in total. The molecule has 1 aromatic heterocycles. The molecular weight excluding hydrogens is 316 g/mol. The molecule has 0 amide bonds. The summed E-state index contributed by atoms with van der Waals surface area (Å²) in [6, 6.07) is 4.79. The Morgan fingerprint density at radius 3 is 2.29 bits per heavy atom. The van der Waals surface area contributed by atoms with Gasteiger partial charge in [-0.1, -0.05) is 6.07 Å². The van der Waals surface area contributed by atoms with Gasteiger partial charge in [-0.3, -0.25) is 9.82 Å². The highest BCUT2D eigenvalue weighted by Gasteiger charge is 2.19. The van der Waals surface area contributed by atoms with Gasteiger partial charge in [0.25, 0.3) is 10.0 Å². The number of anilines is 1.